The number of nitrogens with zero attached hydrogens (tertiary/aromatic N) is 1. The maximum absolute atomic E-state index is 12.1. The number of fused-ring (bicyclic) bond motifs is 1. The van der Waals surface area contributed by atoms with Crippen molar-refractivity contribution in [2.45, 2.75) is 11.8 Å². The van der Waals surface area contributed by atoms with Gasteiger partial charge in [0, 0.05) is 0 Å². The minimum atomic E-state index is -3.68. The zero-order valence-electron chi connectivity index (χ0n) is 10.7. The highest BCUT2D eigenvalue weighted by molar-refractivity contribution is 7.92. The SMILES string of the molecule is Cc1ccc2nc(NS(=O)(=O)c3ccccc3)oc2c1. The second-order valence-corrected chi connectivity index (χ2v) is 6.09. The highest BCUT2D eigenvalue weighted by Gasteiger charge is 2.17. The molecule has 1 heterocycles. The fourth-order valence-electron chi connectivity index (χ4n) is 1.85. The van der Waals surface area contributed by atoms with E-state index in [1.165, 1.54) is 12.1 Å². The standard InChI is InChI=1S/C14H12N2O3S/c1-10-7-8-12-13(9-10)19-14(15-12)16-20(17,18)11-5-3-2-4-6-11/h2-9H,1H3,(H,15,16). The van der Waals surface area contributed by atoms with Gasteiger partial charge in [0.2, 0.25) is 0 Å². The van der Waals surface area contributed by atoms with E-state index < -0.39 is 10.0 Å². The third kappa shape index (κ3) is 2.37. The van der Waals surface area contributed by atoms with Gasteiger partial charge in [0.05, 0.1) is 4.90 Å². The Hall–Kier alpha value is -2.34. The summed E-state index contributed by atoms with van der Waals surface area (Å²) in [5.74, 6) is 0. The summed E-state index contributed by atoms with van der Waals surface area (Å²) in [5.41, 5.74) is 2.18. The van der Waals surface area contributed by atoms with Gasteiger partial charge in [-0.05, 0) is 36.8 Å². The first-order valence-electron chi connectivity index (χ1n) is 6.00. The highest BCUT2D eigenvalue weighted by atomic mass is 32.2. The van der Waals surface area contributed by atoms with Crippen LogP contribution in [0.2, 0.25) is 0 Å². The van der Waals surface area contributed by atoms with Gasteiger partial charge in [0.15, 0.2) is 5.58 Å². The van der Waals surface area contributed by atoms with E-state index in [2.05, 4.69) is 9.71 Å². The first kappa shape index (κ1) is 12.7. The number of aromatic nitrogens is 1. The molecule has 0 aliphatic heterocycles. The predicted molar refractivity (Wildman–Crippen MR) is 76.0 cm³/mol. The Bertz CT molecular complexity index is 855. The molecule has 3 rings (SSSR count). The number of hydrogen-bond donors (Lipinski definition) is 1. The molecule has 0 radical (unpaired) electrons. The van der Waals surface area contributed by atoms with Gasteiger partial charge in [-0.3, -0.25) is 0 Å². The van der Waals surface area contributed by atoms with Gasteiger partial charge >= 0.3 is 6.01 Å². The van der Waals surface area contributed by atoms with Crippen molar-refractivity contribution < 1.29 is 12.8 Å². The van der Waals surface area contributed by atoms with Crippen LogP contribution in [0, 0.1) is 6.92 Å². The average molecular weight is 288 g/mol. The summed E-state index contributed by atoms with van der Waals surface area (Å²) in [6.07, 6.45) is 0. The normalized spacial score (nSPS) is 11.7. The second-order valence-electron chi connectivity index (χ2n) is 4.41. The Morgan fingerprint density at radius 2 is 1.85 bits per heavy atom. The number of sulfonamides is 1. The molecule has 0 aliphatic rings. The van der Waals surface area contributed by atoms with Crippen molar-refractivity contribution in [3.63, 3.8) is 0 Å². The molecule has 1 aromatic heterocycles. The van der Waals surface area contributed by atoms with Gasteiger partial charge in [0.25, 0.3) is 10.0 Å². The fourth-order valence-corrected chi connectivity index (χ4v) is 2.80. The molecular weight excluding hydrogens is 276 g/mol. The van der Waals surface area contributed by atoms with E-state index in [0.29, 0.717) is 11.1 Å². The van der Waals surface area contributed by atoms with E-state index >= 15 is 0 Å². The van der Waals surface area contributed by atoms with E-state index in [4.69, 9.17) is 4.42 Å². The number of oxazole rings is 1. The zero-order valence-corrected chi connectivity index (χ0v) is 11.5. The summed E-state index contributed by atoms with van der Waals surface area (Å²) in [6, 6.07) is 13.5. The van der Waals surface area contributed by atoms with E-state index in [1.54, 1.807) is 24.3 Å². The van der Waals surface area contributed by atoms with Crippen molar-refractivity contribution in [2.24, 2.45) is 0 Å². The molecule has 5 nitrogen and oxygen atoms in total. The quantitative estimate of drug-likeness (QED) is 0.804. The molecule has 0 bridgehead atoms. The summed E-state index contributed by atoms with van der Waals surface area (Å²) in [5, 5.41) is 0. The smallest absolute Gasteiger partial charge is 0.309 e. The number of rotatable bonds is 3. The zero-order chi connectivity index (χ0) is 14.2. The molecule has 0 amide bonds. The monoisotopic (exact) mass is 288 g/mol. The summed E-state index contributed by atoms with van der Waals surface area (Å²) in [4.78, 5) is 4.27. The first-order valence-corrected chi connectivity index (χ1v) is 7.48. The largest absolute Gasteiger partial charge is 0.423 e. The van der Waals surface area contributed by atoms with Crippen molar-refractivity contribution in [1.82, 2.24) is 4.98 Å². The Morgan fingerprint density at radius 3 is 2.60 bits per heavy atom. The third-order valence-electron chi connectivity index (χ3n) is 2.82. The Morgan fingerprint density at radius 1 is 1.10 bits per heavy atom. The van der Waals surface area contributed by atoms with Crippen molar-refractivity contribution in [1.29, 1.82) is 0 Å². The van der Waals surface area contributed by atoms with E-state index in [0.717, 1.165) is 5.56 Å². The number of hydrogen-bond acceptors (Lipinski definition) is 4. The lowest BCUT2D eigenvalue weighted by Gasteiger charge is -2.03. The van der Waals surface area contributed by atoms with E-state index in [-0.39, 0.29) is 10.9 Å². The first-order chi connectivity index (χ1) is 9.54. The Kier molecular flexibility index (Phi) is 2.94. The van der Waals surface area contributed by atoms with Crippen LogP contribution in [0.4, 0.5) is 6.01 Å². The highest BCUT2D eigenvalue weighted by Crippen LogP contribution is 2.22. The molecule has 0 aliphatic carbocycles. The molecule has 0 fully saturated rings. The van der Waals surface area contributed by atoms with Crippen molar-refractivity contribution in [2.75, 3.05) is 4.72 Å². The van der Waals surface area contributed by atoms with Gasteiger partial charge in [-0.25, -0.2) is 13.1 Å². The minimum absolute atomic E-state index is 0.0329. The summed E-state index contributed by atoms with van der Waals surface area (Å²) >= 11 is 0. The molecule has 3 aromatic rings. The van der Waals surface area contributed by atoms with Gasteiger partial charge in [-0.2, -0.15) is 4.98 Å². The molecule has 0 atom stereocenters. The maximum atomic E-state index is 12.1. The molecule has 20 heavy (non-hydrogen) atoms. The van der Waals surface area contributed by atoms with E-state index in [9.17, 15) is 8.42 Å². The molecular formula is C14H12N2O3S. The lowest BCUT2D eigenvalue weighted by Crippen LogP contribution is -2.12. The second kappa shape index (κ2) is 4.64. The van der Waals surface area contributed by atoms with Crippen LogP contribution in [0.5, 0.6) is 0 Å². The number of aryl methyl sites for hydroxylation is 1. The molecule has 0 saturated heterocycles. The summed E-state index contributed by atoms with van der Waals surface area (Å²) in [6.45, 7) is 1.93. The molecule has 2 aromatic carbocycles. The number of anilines is 1. The lowest BCUT2D eigenvalue weighted by atomic mass is 10.2. The molecule has 6 heteroatoms. The molecule has 0 saturated carbocycles. The Balaban J connectivity index is 1.97. The topological polar surface area (TPSA) is 72.2 Å². The van der Waals surface area contributed by atoms with Crippen LogP contribution in [-0.4, -0.2) is 13.4 Å². The molecule has 102 valence electrons. The Labute approximate surface area is 116 Å². The molecule has 0 unspecified atom stereocenters. The van der Waals surface area contributed by atoms with E-state index in [1.807, 2.05) is 19.1 Å². The lowest BCUT2D eigenvalue weighted by molar-refractivity contribution is 0.591. The van der Waals surface area contributed by atoms with Crippen LogP contribution in [0.3, 0.4) is 0 Å². The average Bonchev–Trinajstić information content (AvgIpc) is 2.80. The van der Waals surface area contributed by atoms with Crippen molar-refractivity contribution in [3.05, 3.63) is 54.1 Å². The molecule has 1 N–H and O–H groups in total. The third-order valence-corrected chi connectivity index (χ3v) is 4.16. The van der Waals surface area contributed by atoms with Gasteiger partial charge in [-0.15, -0.1) is 0 Å². The van der Waals surface area contributed by atoms with Crippen LogP contribution in [0.25, 0.3) is 11.1 Å². The van der Waals surface area contributed by atoms with Crippen LogP contribution < -0.4 is 4.72 Å². The van der Waals surface area contributed by atoms with Crippen molar-refractivity contribution in [3.8, 4) is 0 Å². The number of nitrogens with one attached hydrogen (secondary N) is 1. The van der Waals surface area contributed by atoms with Gasteiger partial charge < -0.3 is 4.42 Å². The van der Waals surface area contributed by atoms with Gasteiger partial charge in [-0.1, -0.05) is 24.3 Å². The fraction of sp³-hybridized carbons (Fsp3) is 0.0714. The predicted octanol–water partition coefficient (Wildman–Crippen LogP) is 2.94. The summed E-state index contributed by atoms with van der Waals surface area (Å²) in [7, 11) is -3.68. The number of benzene rings is 2. The van der Waals surface area contributed by atoms with Crippen LogP contribution in [0.1, 0.15) is 5.56 Å². The van der Waals surface area contributed by atoms with Crippen LogP contribution in [0.15, 0.2) is 57.8 Å². The minimum Gasteiger partial charge on any atom is -0.423 e. The van der Waals surface area contributed by atoms with Crippen LogP contribution >= 0.6 is 0 Å². The van der Waals surface area contributed by atoms with Crippen LogP contribution in [-0.2, 0) is 10.0 Å². The summed E-state index contributed by atoms with van der Waals surface area (Å²) < 4.78 is 32.0. The maximum Gasteiger partial charge on any atom is 0.309 e. The van der Waals surface area contributed by atoms with Gasteiger partial charge in [0.1, 0.15) is 5.52 Å². The molecule has 0 spiro atoms. The van der Waals surface area contributed by atoms with Crippen molar-refractivity contribution >= 4 is 27.1 Å².